The maximum absolute atomic E-state index is 5.89. The molecule has 0 aliphatic carbocycles. The molecule has 1 aromatic heterocycles. The van der Waals surface area contributed by atoms with E-state index in [0.29, 0.717) is 5.88 Å². The highest BCUT2D eigenvalue weighted by Gasteiger charge is 2.22. The van der Waals surface area contributed by atoms with Crippen LogP contribution in [0.2, 0.25) is 0 Å². The minimum Gasteiger partial charge on any atom is -0.439 e. The smallest absolute Gasteiger partial charge is 0.219 e. The normalized spacial score (nSPS) is 15.6. The number of benzene rings is 3. The zero-order valence-electron chi connectivity index (χ0n) is 17.3. The molecule has 0 bridgehead atoms. The van der Waals surface area contributed by atoms with Gasteiger partial charge in [0.25, 0.3) is 0 Å². The second-order valence-electron chi connectivity index (χ2n) is 7.52. The Bertz CT molecular complexity index is 1190. The van der Waals surface area contributed by atoms with Crippen molar-refractivity contribution in [2.24, 2.45) is 0 Å². The minimum atomic E-state index is 0.197. The van der Waals surface area contributed by atoms with E-state index in [1.807, 2.05) is 42.5 Å². The van der Waals surface area contributed by atoms with Crippen molar-refractivity contribution < 1.29 is 4.74 Å². The van der Waals surface area contributed by atoms with Gasteiger partial charge in [-0.1, -0.05) is 66.7 Å². The summed E-state index contributed by atoms with van der Waals surface area (Å²) in [6.45, 7) is 2.17. The topological polar surface area (TPSA) is 37.4 Å². The molecule has 0 saturated heterocycles. The van der Waals surface area contributed by atoms with Crippen LogP contribution in [0.15, 0.2) is 109 Å². The Morgan fingerprint density at radius 2 is 1.52 bits per heavy atom. The molecule has 1 atom stereocenters. The van der Waals surface area contributed by atoms with Gasteiger partial charge in [-0.2, -0.15) is 0 Å². The summed E-state index contributed by atoms with van der Waals surface area (Å²) in [7, 11) is 0. The molecule has 0 radical (unpaired) electrons. The van der Waals surface area contributed by atoms with Crippen molar-refractivity contribution in [1.29, 1.82) is 0 Å². The quantitative estimate of drug-likeness (QED) is 0.423. The van der Waals surface area contributed by atoms with Crippen LogP contribution in [0.4, 0.5) is 5.69 Å². The molecule has 1 unspecified atom stereocenters. The van der Waals surface area contributed by atoms with Gasteiger partial charge >= 0.3 is 0 Å². The number of anilines is 1. The van der Waals surface area contributed by atoms with Crippen molar-refractivity contribution >= 4 is 11.3 Å². The zero-order valence-corrected chi connectivity index (χ0v) is 17.3. The molecule has 152 valence electrons. The molecule has 3 aromatic carbocycles. The van der Waals surface area contributed by atoms with E-state index in [4.69, 9.17) is 4.74 Å². The third-order valence-electron chi connectivity index (χ3n) is 5.35. The van der Waals surface area contributed by atoms with Gasteiger partial charge in [0, 0.05) is 24.5 Å². The number of nitrogens with zero attached hydrogens (tertiary/aromatic N) is 2. The summed E-state index contributed by atoms with van der Waals surface area (Å²) in [6.07, 6.45) is 3.88. The Hall–Kier alpha value is -3.89. The van der Waals surface area contributed by atoms with Gasteiger partial charge in [0.15, 0.2) is 0 Å². The van der Waals surface area contributed by atoms with Crippen LogP contribution >= 0.6 is 0 Å². The fourth-order valence-electron chi connectivity index (χ4n) is 3.75. The lowest BCUT2D eigenvalue weighted by molar-refractivity contribution is 0.463. The summed E-state index contributed by atoms with van der Waals surface area (Å²) in [6, 6.07) is 33.0. The van der Waals surface area contributed by atoms with Crippen LogP contribution in [0.25, 0.3) is 16.7 Å². The largest absolute Gasteiger partial charge is 0.439 e. The van der Waals surface area contributed by atoms with Gasteiger partial charge in [0.2, 0.25) is 5.88 Å². The maximum atomic E-state index is 5.89. The van der Waals surface area contributed by atoms with Crippen LogP contribution in [0.3, 0.4) is 0 Å². The molecule has 0 fully saturated rings. The van der Waals surface area contributed by atoms with Crippen molar-refractivity contribution in [2.75, 3.05) is 5.01 Å². The number of hydrogen-bond donors (Lipinski definition) is 1. The molecule has 1 aliphatic rings. The van der Waals surface area contributed by atoms with E-state index in [1.54, 1.807) is 6.20 Å². The van der Waals surface area contributed by atoms with E-state index >= 15 is 0 Å². The third kappa shape index (κ3) is 4.20. The number of ether oxygens (including phenoxy) is 1. The predicted octanol–water partition coefficient (Wildman–Crippen LogP) is 6.30. The first-order chi connectivity index (χ1) is 15.3. The van der Waals surface area contributed by atoms with Gasteiger partial charge in [-0.15, -0.1) is 0 Å². The summed E-state index contributed by atoms with van der Waals surface area (Å²) in [5.41, 5.74) is 9.44. The molecular formula is C27H23N3O. The highest BCUT2D eigenvalue weighted by molar-refractivity contribution is 5.77. The zero-order chi connectivity index (χ0) is 21.0. The fraction of sp³-hybridized carbons (Fsp3) is 0.0741. The number of hydrazine groups is 1. The Kier molecular flexibility index (Phi) is 5.21. The molecule has 31 heavy (non-hydrogen) atoms. The van der Waals surface area contributed by atoms with Crippen molar-refractivity contribution in [1.82, 2.24) is 10.4 Å². The lowest BCUT2D eigenvalue weighted by Crippen LogP contribution is -2.34. The van der Waals surface area contributed by atoms with Crippen molar-refractivity contribution in [3.63, 3.8) is 0 Å². The highest BCUT2D eigenvalue weighted by atomic mass is 16.5. The second-order valence-corrected chi connectivity index (χ2v) is 7.52. The molecule has 0 amide bonds. The van der Waals surface area contributed by atoms with E-state index in [0.717, 1.165) is 11.4 Å². The first kappa shape index (κ1) is 19.1. The van der Waals surface area contributed by atoms with E-state index in [9.17, 15) is 0 Å². The number of nitrogens with one attached hydrogen (secondary N) is 1. The van der Waals surface area contributed by atoms with Crippen LogP contribution in [-0.4, -0.2) is 11.0 Å². The molecule has 5 rings (SSSR count). The number of rotatable bonds is 5. The van der Waals surface area contributed by atoms with E-state index in [-0.39, 0.29) is 6.04 Å². The predicted molar refractivity (Wildman–Crippen MR) is 126 cm³/mol. The molecule has 2 heterocycles. The van der Waals surface area contributed by atoms with Crippen molar-refractivity contribution in [3.8, 4) is 22.8 Å². The molecule has 4 aromatic rings. The lowest BCUT2D eigenvalue weighted by Gasteiger charge is -2.19. The van der Waals surface area contributed by atoms with E-state index in [2.05, 4.69) is 83.1 Å². The SMILES string of the molecule is CC1NN(c2cccc(Oc3ccccn3)c2)C=C1c1ccc(-c2ccccc2)cc1. The van der Waals surface area contributed by atoms with Gasteiger partial charge in [-0.3, -0.25) is 5.01 Å². The van der Waals surface area contributed by atoms with E-state index < -0.39 is 0 Å². The van der Waals surface area contributed by atoms with Gasteiger partial charge < -0.3 is 4.74 Å². The summed E-state index contributed by atoms with van der Waals surface area (Å²) >= 11 is 0. The maximum Gasteiger partial charge on any atom is 0.219 e. The van der Waals surface area contributed by atoms with Crippen LogP contribution in [0.1, 0.15) is 12.5 Å². The van der Waals surface area contributed by atoms with Gasteiger partial charge in [0.1, 0.15) is 5.75 Å². The third-order valence-corrected chi connectivity index (χ3v) is 5.35. The summed E-state index contributed by atoms with van der Waals surface area (Å²) in [5.74, 6) is 1.33. The molecule has 1 aliphatic heterocycles. The van der Waals surface area contributed by atoms with Crippen molar-refractivity contribution in [3.05, 3.63) is 115 Å². The van der Waals surface area contributed by atoms with Crippen LogP contribution in [-0.2, 0) is 0 Å². The lowest BCUT2D eigenvalue weighted by atomic mass is 9.98. The van der Waals surface area contributed by atoms with Crippen LogP contribution in [0.5, 0.6) is 11.6 Å². The monoisotopic (exact) mass is 405 g/mol. The molecule has 1 N–H and O–H groups in total. The van der Waals surface area contributed by atoms with E-state index in [1.165, 1.54) is 22.3 Å². The molecule has 4 nitrogen and oxygen atoms in total. The number of hydrogen-bond acceptors (Lipinski definition) is 4. The Balaban J connectivity index is 1.37. The molecule has 4 heteroatoms. The van der Waals surface area contributed by atoms with Gasteiger partial charge in [-0.05, 0) is 47.4 Å². The fourth-order valence-corrected chi connectivity index (χ4v) is 3.75. The second kappa shape index (κ2) is 8.46. The standard InChI is InChI=1S/C27H23N3O/c1-20-26(23-15-13-22(14-16-23)21-8-3-2-4-9-21)19-30(29-20)24-10-7-11-25(18-24)31-27-12-5-6-17-28-27/h2-20,29H,1H3. The van der Waals surface area contributed by atoms with Crippen LogP contribution < -0.4 is 15.2 Å². The molecule has 0 spiro atoms. The Labute approximate surface area is 182 Å². The van der Waals surface area contributed by atoms with Crippen molar-refractivity contribution in [2.45, 2.75) is 13.0 Å². The van der Waals surface area contributed by atoms with Gasteiger partial charge in [-0.25, -0.2) is 10.4 Å². The Morgan fingerprint density at radius 1 is 0.774 bits per heavy atom. The number of aromatic nitrogens is 1. The summed E-state index contributed by atoms with van der Waals surface area (Å²) < 4.78 is 5.89. The molecular weight excluding hydrogens is 382 g/mol. The highest BCUT2D eigenvalue weighted by Crippen LogP contribution is 2.31. The number of pyridine rings is 1. The Morgan fingerprint density at radius 3 is 2.29 bits per heavy atom. The average molecular weight is 406 g/mol. The first-order valence-corrected chi connectivity index (χ1v) is 10.4. The first-order valence-electron chi connectivity index (χ1n) is 10.4. The van der Waals surface area contributed by atoms with Gasteiger partial charge in [0.05, 0.1) is 11.7 Å². The summed E-state index contributed by atoms with van der Waals surface area (Å²) in [4.78, 5) is 4.23. The summed E-state index contributed by atoms with van der Waals surface area (Å²) in [5, 5.41) is 2.05. The molecule has 0 saturated carbocycles. The average Bonchev–Trinajstić information content (AvgIpc) is 3.22. The van der Waals surface area contributed by atoms with Crippen LogP contribution in [0, 0.1) is 0 Å². The minimum absolute atomic E-state index is 0.197.